The van der Waals surface area contributed by atoms with Crippen molar-refractivity contribution in [1.82, 2.24) is 10.2 Å². The van der Waals surface area contributed by atoms with Crippen LogP contribution >= 0.6 is 0 Å². The number of carbonyl (C=O) groups is 1. The molecule has 76 valence electrons. The lowest BCUT2D eigenvalue weighted by Gasteiger charge is -2.26. The highest BCUT2D eigenvalue weighted by Gasteiger charge is 2.11. The van der Waals surface area contributed by atoms with Crippen molar-refractivity contribution in [2.45, 2.75) is 6.42 Å². The maximum absolute atomic E-state index is 11.0. The minimum Gasteiger partial charge on any atom is -0.379 e. The SMILES string of the molecule is O=C(CCN1CCOCC1)NCO. The fraction of sp³-hybridized carbons (Fsp3) is 0.875. The van der Waals surface area contributed by atoms with Crippen LogP contribution in [0.4, 0.5) is 0 Å². The third kappa shape index (κ3) is 4.21. The topological polar surface area (TPSA) is 61.8 Å². The van der Waals surface area contributed by atoms with Crippen molar-refractivity contribution in [1.29, 1.82) is 0 Å². The Morgan fingerprint density at radius 2 is 2.15 bits per heavy atom. The summed E-state index contributed by atoms with van der Waals surface area (Å²) in [6.07, 6.45) is 0.445. The van der Waals surface area contributed by atoms with E-state index in [-0.39, 0.29) is 12.6 Å². The van der Waals surface area contributed by atoms with E-state index in [2.05, 4.69) is 10.2 Å². The van der Waals surface area contributed by atoms with Crippen LogP contribution in [-0.4, -0.2) is 55.5 Å². The quantitative estimate of drug-likeness (QED) is 0.543. The number of amides is 1. The first-order valence-corrected chi connectivity index (χ1v) is 4.50. The van der Waals surface area contributed by atoms with Crippen molar-refractivity contribution in [3.63, 3.8) is 0 Å². The van der Waals surface area contributed by atoms with Gasteiger partial charge in [-0.2, -0.15) is 0 Å². The van der Waals surface area contributed by atoms with Crippen LogP contribution in [0.15, 0.2) is 0 Å². The normalized spacial score (nSPS) is 18.5. The summed E-state index contributed by atoms with van der Waals surface area (Å²) < 4.78 is 5.17. The number of hydrogen-bond donors (Lipinski definition) is 2. The number of morpholine rings is 1. The maximum Gasteiger partial charge on any atom is 0.223 e. The van der Waals surface area contributed by atoms with Gasteiger partial charge >= 0.3 is 0 Å². The second-order valence-electron chi connectivity index (χ2n) is 2.96. The highest BCUT2D eigenvalue weighted by molar-refractivity contribution is 5.75. The molecule has 1 rings (SSSR count). The maximum atomic E-state index is 11.0. The fourth-order valence-electron chi connectivity index (χ4n) is 1.26. The molecule has 0 aromatic rings. The number of aliphatic hydroxyl groups is 1. The van der Waals surface area contributed by atoms with Crippen LogP contribution in [0.3, 0.4) is 0 Å². The summed E-state index contributed by atoms with van der Waals surface area (Å²) in [5.74, 6) is -0.103. The Labute approximate surface area is 77.7 Å². The fourth-order valence-corrected chi connectivity index (χ4v) is 1.26. The molecule has 0 saturated carbocycles. The molecule has 0 aromatic carbocycles. The number of carbonyl (C=O) groups excluding carboxylic acids is 1. The Morgan fingerprint density at radius 1 is 1.46 bits per heavy atom. The molecule has 1 aliphatic heterocycles. The molecule has 0 aromatic heterocycles. The van der Waals surface area contributed by atoms with Crippen LogP contribution in [-0.2, 0) is 9.53 Å². The van der Waals surface area contributed by atoms with Gasteiger partial charge in [-0.05, 0) is 0 Å². The molecule has 0 spiro atoms. The zero-order valence-corrected chi connectivity index (χ0v) is 7.66. The first-order valence-electron chi connectivity index (χ1n) is 4.50. The molecule has 1 heterocycles. The highest BCUT2D eigenvalue weighted by atomic mass is 16.5. The van der Waals surface area contributed by atoms with Gasteiger partial charge in [0.25, 0.3) is 0 Å². The van der Waals surface area contributed by atoms with Crippen LogP contribution in [0, 0.1) is 0 Å². The van der Waals surface area contributed by atoms with E-state index in [0.29, 0.717) is 6.42 Å². The van der Waals surface area contributed by atoms with Gasteiger partial charge in [-0.25, -0.2) is 0 Å². The molecule has 0 aliphatic carbocycles. The van der Waals surface area contributed by atoms with E-state index in [9.17, 15) is 4.79 Å². The van der Waals surface area contributed by atoms with Crippen molar-refractivity contribution in [2.75, 3.05) is 39.6 Å². The summed E-state index contributed by atoms with van der Waals surface area (Å²) in [6.45, 7) is 3.76. The third-order valence-corrected chi connectivity index (χ3v) is 2.04. The van der Waals surface area contributed by atoms with Crippen molar-refractivity contribution in [3.05, 3.63) is 0 Å². The molecule has 0 bridgehead atoms. The molecule has 13 heavy (non-hydrogen) atoms. The van der Waals surface area contributed by atoms with Gasteiger partial charge in [0.15, 0.2) is 0 Å². The second kappa shape index (κ2) is 5.90. The predicted octanol–water partition coefficient (Wildman–Crippen LogP) is -1.23. The van der Waals surface area contributed by atoms with Gasteiger partial charge in [0.05, 0.1) is 13.2 Å². The molecule has 5 heteroatoms. The van der Waals surface area contributed by atoms with Crippen LogP contribution in [0.5, 0.6) is 0 Å². The van der Waals surface area contributed by atoms with Crippen molar-refractivity contribution < 1.29 is 14.6 Å². The standard InChI is InChI=1S/C8H16N2O3/c11-7-9-8(12)1-2-10-3-5-13-6-4-10/h11H,1-7H2,(H,9,12). The minimum atomic E-state index is -0.276. The largest absolute Gasteiger partial charge is 0.379 e. The number of nitrogens with zero attached hydrogens (tertiary/aromatic N) is 1. The van der Waals surface area contributed by atoms with Gasteiger partial charge < -0.3 is 15.2 Å². The lowest BCUT2D eigenvalue weighted by atomic mass is 10.3. The first-order chi connectivity index (χ1) is 6.33. The molecular weight excluding hydrogens is 172 g/mol. The Balaban J connectivity index is 2.06. The average molecular weight is 188 g/mol. The Morgan fingerprint density at radius 3 is 2.77 bits per heavy atom. The van der Waals surface area contributed by atoms with Gasteiger partial charge in [0, 0.05) is 26.1 Å². The zero-order valence-electron chi connectivity index (χ0n) is 7.66. The van der Waals surface area contributed by atoms with Crippen LogP contribution in [0.1, 0.15) is 6.42 Å². The molecule has 0 unspecified atom stereocenters. The number of aliphatic hydroxyl groups excluding tert-OH is 1. The van der Waals surface area contributed by atoms with E-state index >= 15 is 0 Å². The molecular formula is C8H16N2O3. The summed E-state index contributed by atoms with van der Waals surface area (Å²) in [6, 6.07) is 0. The average Bonchev–Trinajstić information content (AvgIpc) is 2.17. The molecule has 1 aliphatic rings. The van der Waals surface area contributed by atoms with Crippen molar-refractivity contribution >= 4 is 5.91 Å². The van der Waals surface area contributed by atoms with Crippen molar-refractivity contribution in [3.8, 4) is 0 Å². The third-order valence-electron chi connectivity index (χ3n) is 2.04. The van der Waals surface area contributed by atoms with Crippen LogP contribution < -0.4 is 5.32 Å². The van der Waals surface area contributed by atoms with Crippen molar-refractivity contribution in [2.24, 2.45) is 0 Å². The van der Waals surface area contributed by atoms with Gasteiger partial charge in [-0.1, -0.05) is 0 Å². The van der Waals surface area contributed by atoms with Gasteiger partial charge in [-0.3, -0.25) is 9.69 Å². The Hall–Kier alpha value is -0.650. The first kappa shape index (κ1) is 10.4. The lowest BCUT2D eigenvalue weighted by molar-refractivity contribution is -0.122. The molecule has 1 fully saturated rings. The summed E-state index contributed by atoms with van der Waals surface area (Å²) in [5.41, 5.74) is 0. The number of ether oxygens (including phenoxy) is 1. The molecule has 1 amide bonds. The summed E-state index contributed by atoms with van der Waals surface area (Å²) in [7, 11) is 0. The Bertz CT molecular complexity index is 157. The van der Waals surface area contributed by atoms with Crippen LogP contribution in [0.25, 0.3) is 0 Å². The van der Waals surface area contributed by atoms with E-state index in [1.54, 1.807) is 0 Å². The van der Waals surface area contributed by atoms with E-state index in [1.807, 2.05) is 0 Å². The van der Waals surface area contributed by atoms with E-state index < -0.39 is 0 Å². The van der Waals surface area contributed by atoms with Crippen LogP contribution in [0.2, 0.25) is 0 Å². The van der Waals surface area contributed by atoms with Gasteiger partial charge in [-0.15, -0.1) is 0 Å². The molecule has 1 saturated heterocycles. The van der Waals surface area contributed by atoms with E-state index in [1.165, 1.54) is 0 Å². The minimum absolute atomic E-state index is 0.103. The van der Waals surface area contributed by atoms with Gasteiger partial charge in [0.1, 0.15) is 6.73 Å². The van der Waals surface area contributed by atoms with E-state index in [0.717, 1.165) is 32.8 Å². The summed E-state index contributed by atoms with van der Waals surface area (Å²) in [4.78, 5) is 13.1. The highest BCUT2D eigenvalue weighted by Crippen LogP contribution is 1.97. The van der Waals surface area contributed by atoms with Gasteiger partial charge in [0.2, 0.25) is 5.91 Å². The zero-order chi connectivity index (χ0) is 9.52. The second-order valence-corrected chi connectivity index (χ2v) is 2.96. The number of nitrogens with one attached hydrogen (secondary N) is 1. The lowest BCUT2D eigenvalue weighted by Crippen LogP contribution is -2.38. The Kier molecular flexibility index (Phi) is 4.74. The summed E-state index contributed by atoms with van der Waals surface area (Å²) in [5, 5.41) is 10.8. The summed E-state index contributed by atoms with van der Waals surface area (Å²) >= 11 is 0. The smallest absolute Gasteiger partial charge is 0.223 e. The number of rotatable bonds is 4. The predicted molar refractivity (Wildman–Crippen MR) is 47.1 cm³/mol. The monoisotopic (exact) mass is 188 g/mol. The van der Waals surface area contributed by atoms with E-state index in [4.69, 9.17) is 9.84 Å². The molecule has 2 N–H and O–H groups in total. The number of hydrogen-bond acceptors (Lipinski definition) is 4. The molecule has 0 radical (unpaired) electrons. The molecule has 0 atom stereocenters. The molecule has 5 nitrogen and oxygen atoms in total.